The standard InChI is InChI=1S/C9H9/c1-2-4-6-8-9-7-5-3-1/h1-6,9H,7H2/b2-1+,5-3-,6-4-,9-8?. The minimum Gasteiger partial charge on any atom is -0.0807 e. The van der Waals surface area contributed by atoms with Crippen molar-refractivity contribution >= 4 is 0 Å². The highest BCUT2D eigenvalue weighted by Gasteiger charge is 1.70. The Hall–Kier alpha value is -1.04. The summed E-state index contributed by atoms with van der Waals surface area (Å²) >= 11 is 0. The highest BCUT2D eigenvalue weighted by Crippen LogP contribution is 1.90. The van der Waals surface area contributed by atoms with Crippen LogP contribution < -0.4 is 0 Å². The molecule has 9 heavy (non-hydrogen) atoms. The van der Waals surface area contributed by atoms with Gasteiger partial charge in [-0.1, -0.05) is 42.5 Å². The van der Waals surface area contributed by atoms with Crippen molar-refractivity contribution in [2.75, 3.05) is 0 Å². The Balaban J connectivity index is 2.60. The van der Waals surface area contributed by atoms with E-state index in [1.165, 1.54) is 0 Å². The van der Waals surface area contributed by atoms with E-state index < -0.39 is 0 Å². The molecule has 0 heterocycles. The zero-order chi connectivity index (χ0) is 6.36. The SMILES string of the molecule is [C]1=C/C\C=C/C=C/C=C\1. The number of rotatable bonds is 0. The number of hydrogen-bond donors (Lipinski definition) is 0. The Bertz CT molecular complexity index is 148. The summed E-state index contributed by atoms with van der Waals surface area (Å²) in [6, 6.07) is 0. The van der Waals surface area contributed by atoms with E-state index in [1.807, 2.05) is 36.5 Å². The van der Waals surface area contributed by atoms with Gasteiger partial charge in [0.05, 0.1) is 0 Å². The molecule has 0 aliphatic heterocycles. The van der Waals surface area contributed by atoms with Gasteiger partial charge in [0.2, 0.25) is 0 Å². The lowest BCUT2D eigenvalue weighted by Crippen LogP contribution is -1.54. The fourth-order valence-corrected chi connectivity index (χ4v) is 0.601. The van der Waals surface area contributed by atoms with Gasteiger partial charge in [-0.05, 0) is 12.5 Å². The van der Waals surface area contributed by atoms with E-state index in [0.717, 1.165) is 6.42 Å². The molecule has 0 amide bonds. The third-order valence-corrected chi connectivity index (χ3v) is 1.03. The van der Waals surface area contributed by atoms with E-state index >= 15 is 0 Å². The van der Waals surface area contributed by atoms with Crippen LogP contribution in [0.2, 0.25) is 0 Å². The Labute approximate surface area is 55.9 Å². The molecule has 0 aromatic rings. The first-order valence-electron chi connectivity index (χ1n) is 3.06. The molecule has 0 aromatic carbocycles. The zero-order valence-corrected chi connectivity index (χ0v) is 5.25. The summed E-state index contributed by atoms with van der Waals surface area (Å²) in [5.74, 6) is 0. The van der Waals surface area contributed by atoms with Crippen LogP contribution in [0.3, 0.4) is 0 Å². The molecule has 0 saturated carbocycles. The maximum atomic E-state index is 3.02. The molecule has 0 saturated heterocycles. The Morgan fingerprint density at radius 3 is 2.89 bits per heavy atom. The summed E-state index contributed by atoms with van der Waals surface area (Å²) in [6.45, 7) is 0. The molecular weight excluding hydrogens is 108 g/mol. The number of hydrogen-bond acceptors (Lipinski definition) is 0. The lowest BCUT2D eigenvalue weighted by Gasteiger charge is -1.73. The van der Waals surface area contributed by atoms with Crippen LogP contribution in [-0.2, 0) is 0 Å². The monoisotopic (exact) mass is 117 g/mol. The minimum absolute atomic E-state index is 0.981. The largest absolute Gasteiger partial charge is 0.0807 e. The highest BCUT2D eigenvalue weighted by molar-refractivity contribution is 5.15. The second-order valence-corrected chi connectivity index (χ2v) is 1.78. The van der Waals surface area contributed by atoms with E-state index in [0.29, 0.717) is 0 Å². The van der Waals surface area contributed by atoms with Crippen LogP contribution in [0, 0.1) is 6.08 Å². The summed E-state index contributed by atoms with van der Waals surface area (Å²) in [5.41, 5.74) is 0. The van der Waals surface area contributed by atoms with Crippen molar-refractivity contribution in [2.24, 2.45) is 0 Å². The smallest absolute Gasteiger partial charge is 0.0157 e. The third-order valence-electron chi connectivity index (χ3n) is 1.03. The molecule has 45 valence electrons. The van der Waals surface area contributed by atoms with E-state index in [-0.39, 0.29) is 0 Å². The van der Waals surface area contributed by atoms with Crippen molar-refractivity contribution in [3.05, 3.63) is 48.6 Å². The van der Waals surface area contributed by atoms with Gasteiger partial charge in [-0.2, -0.15) is 0 Å². The maximum Gasteiger partial charge on any atom is -0.0157 e. The Morgan fingerprint density at radius 2 is 1.89 bits per heavy atom. The van der Waals surface area contributed by atoms with Gasteiger partial charge in [-0.3, -0.25) is 0 Å². The van der Waals surface area contributed by atoms with Gasteiger partial charge < -0.3 is 0 Å². The molecule has 1 aliphatic rings. The lowest BCUT2D eigenvalue weighted by molar-refractivity contribution is 1.39. The predicted octanol–water partition coefficient (Wildman–Crippen LogP) is 2.42. The van der Waals surface area contributed by atoms with E-state index in [9.17, 15) is 0 Å². The van der Waals surface area contributed by atoms with Crippen molar-refractivity contribution in [1.29, 1.82) is 0 Å². The fourth-order valence-electron chi connectivity index (χ4n) is 0.601. The molecule has 0 N–H and O–H groups in total. The average Bonchev–Trinajstić information content (AvgIpc) is 2.00. The van der Waals surface area contributed by atoms with Crippen molar-refractivity contribution in [2.45, 2.75) is 6.42 Å². The second kappa shape index (κ2) is 3.90. The van der Waals surface area contributed by atoms with Crippen LogP contribution in [0.15, 0.2) is 42.5 Å². The first-order chi connectivity index (χ1) is 4.50. The maximum absolute atomic E-state index is 3.02. The quantitative estimate of drug-likeness (QED) is 0.457. The van der Waals surface area contributed by atoms with Gasteiger partial charge in [0, 0.05) is 0 Å². The second-order valence-electron chi connectivity index (χ2n) is 1.78. The molecule has 0 heteroatoms. The van der Waals surface area contributed by atoms with Crippen LogP contribution in [0.5, 0.6) is 0 Å². The van der Waals surface area contributed by atoms with Crippen molar-refractivity contribution in [1.82, 2.24) is 0 Å². The van der Waals surface area contributed by atoms with Crippen molar-refractivity contribution in [3.63, 3.8) is 0 Å². The third kappa shape index (κ3) is 2.70. The van der Waals surface area contributed by atoms with Crippen LogP contribution in [-0.4, -0.2) is 0 Å². The molecule has 0 aromatic heterocycles. The van der Waals surface area contributed by atoms with Crippen LogP contribution in [0.4, 0.5) is 0 Å². The predicted molar refractivity (Wildman–Crippen MR) is 39.9 cm³/mol. The molecule has 0 fully saturated rings. The molecular formula is C9H9. The van der Waals surface area contributed by atoms with E-state index in [1.54, 1.807) is 0 Å². The summed E-state index contributed by atoms with van der Waals surface area (Å²) < 4.78 is 0. The molecule has 1 rings (SSSR count). The normalized spacial score (nSPS) is 31.1. The lowest BCUT2D eigenvalue weighted by atomic mass is 10.3. The zero-order valence-electron chi connectivity index (χ0n) is 5.25. The summed E-state index contributed by atoms with van der Waals surface area (Å²) in [7, 11) is 0. The summed E-state index contributed by atoms with van der Waals surface area (Å²) in [4.78, 5) is 0. The van der Waals surface area contributed by atoms with Crippen LogP contribution in [0.1, 0.15) is 6.42 Å². The summed E-state index contributed by atoms with van der Waals surface area (Å²) in [6.07, 6.45) is 18.0. The highest BCUT2D eigenvalue weighted by atomic mass is 13.8. The molecule has 0 bridgehead atoms. The van der Waals surface area contributed by atoms with Crippen molar-refractivity contribution in [3.8, 4) is 0 Å². The minimum atomic E-state index is 0.981. The van der Waals surface area contributed by atoms with Crippen LogP contribution >= 0.6 is 0 Å². The molecule has 0 nitrogen and oxygen atoms in total. The van der Waals surface area contributed by atoms with Gasteiger partial charge in [-0.25, -0.2) is 0 Å². The van der Waals surface area contributed by atoms with Gasteiger partial charge in [-0.15, -0.1) is 0 Å². The summed E-state index contributed by atoms with van der Waals surface area (Å²) in [5, 5.41) is 0. The molecule has 0 unspecified atom stereocenters. The van der Waals surface area contributed by atoms with Crippen LogP contribution in [0.25, 0.3) is 0 Å². The van der Waals surface area contributed by atoms with Gasteiger partial charge in [0.15, 0.2) is 0 Å². The fraction of sp³-hybridized carbons (Fsp3) is 0.111. The van der Waals surface area contributed by atoms with E-state index in [4.69, 9.17) is 0 Å². The Kier molecular flexibility index (Phi) is 2.64. The topological polar surface area (TPSA) is 0 Å². The first kappa shape index (κ1) is 6.09. The number of allylic oxidation sites excluding steroid dienone is 8. The first-order valence-corrected chi connectivity index (χ1v) is 3.06. The average molecular weight is 117 g/mol. The molecule has 1 radical (unpaired) electrons. The van der Waals surface area contributed by atoms with Gasteiger partial charge in [0.25, 0.3) is 0 Å². The molecule has 0 spiro atoms. The van der Waals surface area contributed by atoms with Gasteiger partial charge in [0.1, 0.15) is 0 Å². The Morgan fingerprint density at radius 1 is 1.00 bits per heavy atom. The van der Waals surface area contributed by atoms with Crippen molar-refractivity contribution < 1.29 is 0 Å². The molecule has 0 atom stereocenters. The van der Waals surface area contributed by atoms with Gasteiger partial charge >= 0.3 is 0 Å². The molecule has 1 aliphatic carbocycles. The van der Waals surface area contributed by atoms with E-state index in [2.05, 4.69) is 12.2 Å².